The van der Waals surface area contributed by atoms with Crippen LogP contribution in [0, 0.1) is 5.92 Å². The molecule has 2 rings (SSSR count). The van der Waals surface area contributed by atoms with Crippen LogP contribution < -0.4 is 11.1 Å². The number of nitrogen functional groups attached to an aromatic ring is 1. The molecule has 1 aromatic rings. The average molecular weight is 317 g/mol. The Morgan fingerprint density at radius 3 is 2.55 bits per heavy atom. The van der Waals surface area contributed by atoms with Gasteiger partial charge >= 0.3 is 0 Å². The van der Waals surface area contributed by atoms with E-state index in [1.165, 1.54) is 19.3 Å². The summed E-state index contributed by atoms with van der Waals surface area (Å²) >= 11 is 6.05. The van der Waals surface area contributed by atoms with Crippen LogP contribution in [0.2, 0.25) is 5.02 Å². The summed E-state index contributed by atoms with van der Waals surface area (Å²) in [6.45, 7) is 2.23. The van der Waals surface area contributed by atoms with E-state index in [2.05, 4.69) is 12.2 Å². The van der Waals surface area contributed by atoms with E-state index in [0.717, 1.165) is 18.8 Å². The van der Waals surface area contributed by atoms with Crippen LogP contribution in [0.25, 0.3) is 0 Å². The van der Waals surface area contributed by atoms with Crippen molar-refractivity contribution in [1.82, 2.24) is 5.32 Å². The predicted molar refractivity (Wildman–Crippen MR) is 86.6 cm³/mol. The van der Waals surface area contributed by atoms with Gasteiger partial charge in [0.05, 0.1) is 10.6 Å². The quantitative estimate of drug-likeness (QED) is 0.827. The van der Waals surface area contributed by atoms with Crippen LogP contribution in [0.5, 0.6) is 0 Å². The van der Waals surface area contributed by atoms with E-state index in [-0.39, 0.29) is 24.4 Å². The Bertz CT molecular complexity index is 457. The molecule has 112 valence electrons. The normalized spacial score (nSPS) is 21.9. The van der Waals surface area contributed by atoms with Crippen LogP contribution in [0.1, 0.15) is 49.4 Å². The fourth-order valence-electron chi connectivity index (χ4n) is 2.69. The Hall–Kier alpha value is -0.930. The van der Waals surface area contributed by atoms with Crippen molar-refractivity contribution in [2.75, 3.05) is 5.73 Å². The standard InChI is InChI=1S/C15H21ClN2O.ClH/c1-2-10-3-6-12(7-4-10)18-15(19)13-8-5-11(17)9-14(13)16;/h5,8-10,12H,2-4,6-7,17H2,1H3,(H,18,19);1H. The van der Waals surface area contributed by atoms with E-state index in [4.69, 9.17) is 17.3 Å². The van der Waals surface area contributed by atoms with Gasteiger partial charge in [0.2, 0.25) is 0 Å². The number of hydrogen-bond acceptors (Lipinski definition) is 2. The molecule has 1 aliphatic rings. The largest absolute Gasteiger partial charge is 0.399 e. The highest BCUT2D eigenvalue weighted by Crippen LogP contribution is 2.27. The maximum Gasteiger partial charge on any atom is 0.253 e. The van der Waals surface area contributed by atoms with Gasteiger partial charge in [-0.05, 0) is 49.8 Å². The number of hydrogen-bond donors (Lipinski definition) is 2. The molecule has 0 unspecified atom stereocenters. The van der Waals surface area contributed by atoms with Gasteiger partial charge < -0.3 is 11.1 Å². The second kappa shape index (κ2) is 7.75. The third kappa shape index (κ3) is 4.29. The highest BCUT2D eigenvalue weighted by atomic mass is 35.5. The van der Waals surface area contributed by atoms with Crippen LogP contribution >= 0.6 is 24.0 Å². The van der Waals surface area contributed by atoms with Gasteiger partial charge in [0, 0.05) is 11.7 Å². The zero-order valence-electron chi connectivity index (χ0n) is 11.7. The molecule has 1 aromatic carbocycles. The van der Waals surface area contributed by atoms with Crippen molar-refractivity contribution in [3.05, 3.63) is 28.8 Å². The first-order valence-corrected chi connectivity index (χ1v) is 7.33. The van der Waals surface area contributed by atoms with Crippen molar-refractivity contribution in [2.24, 2.45) is 5.92 Å². The Morgan fingerprint density at radius 1 is 1.35 bits per heavy atom. The highest BCUT2D eigenvalue weighted by Gasteiger charge is 2.22. The monoisotopic (exact) mass is 316 g/mol. The van der Waals surface area contributed by atoms with E-state index in [1.807, 2.05) is 0 Å². The molecule has 1 fully saturated rings. The minimum absolute atomic E-state index is 0. The lowest BCUT2D eigenvalue weighted by Crippen LogP contribution is -2.37. The van der Waals surface area contributed by atoms with Gasteiger partial charge in [0.1, 0.15) is 0 Å². The Kier molecular flexibility index (Phi) is 6.63. The molecule has 0 bridgehead atoms. The zero-order chi connectivity index (χ0) is 13.8. The van der Waals surface area contributed by atoms with E-state index in [1.54, 1.807) is 18.2 Å². The number of carbonyl (C=O) groups excluding carboxylic acids is 1. The minimum Gasteiger partial charge on any atom is -0.399 e. The number of amides is 1. The molecule has 5 heteroatoms. The molecule has 0 aliphatic heterocycles. The average Bonchev–Trinajstić information content (AvgIpc) is 2.39. The number of nitrogens with one attached hydrogen (secondary N) is 1. The fraction of sp³-hybridized carbons (Fsp3) is 0.533. The SMILES string of the molecule is CCC1CCC(NC(=O)c2ccc(N)cc2Cl)CC1.Cl. The van der Waals surface area contributed by atoms with E-state index in [9.17, 15) is 4.79 Å². The molecule has 1 aliphatic carbocycles. The molecule has 0 saturated heterocycles. The second-order valence-corrected chi connectivity index (χ2v) is 5.75. The highest BCUT2D eigenvalue weighted by molar-refractivity contribution is 6.34. The summed E-state index contributed by atoms with van der Waals surface area (Å²) in [5.74, 6) is 0.734. The topological polar surface area (TPSA) is 55.1 Å². The summed E-state index contributed by atoms with van der Waals surface area (Å²) in [6, 6.07) is 5.29. The summed E-state index contributed by atoms with van der Waals surface area (Å²) in [5, 5.41) is 3.49. The third-order valence-corrected chi connectivity index (χ3v) is 4.31. The van der Waals surface area contributed by atoms with E-state index < -0.39 is 0 Å². The van der Waals surface area contributed by atoms with Crippen LogP contribution in [0.3, 0.4) is 0 Å². The number of nitrogens with two attached hydrogens (primary N) is 1. The maximum absolute atomic E-state index is 12.2. The summed E-state index contributed by atoms with van der Waals surface area (Å²) in [5.41, 5.74) is 6.71. The summed E-state index contributed by atoms with van der Waals surface area (Å²) < 4.78 is 0. The van der Waals surface area contributed by atoms with Gasteiger partial charge in [0.25, 0.3) is 5.91 Å². The summed E-state index contributed by atoms with van der Waals surface area (Å²) in [6.07, 6.45) is 5.78. The molecule has 0 atom stereocenters. The zero-order valence-corrected chi connectivity index (χ0v) is 13.3. The van der Waals surface area contributed by atoms with Crippen molar-refractivity contribution < 1.29 is 4.79 Å². The smallest absolute Gasteiger partial charge is 0.253 e. The Morgan fingerprint density at radius 2 is 2.00 bits per heavy atom. The summed E-state index contributed by atoms with van der Waals surface area (Å²) in [7, 11) is 0. The molecule has 0 spiro atoms. The molecule has 0 aromatic heterocycles. The third-order valence-electron chi connectivity index (χ3n) is 4.00. The molecule has 0 radical (unpaired) electrons. The molecule has 3 N–H and O–H groups in total. The number of anilines is 1. The van der Waals surface area contributed by atoms with Gasteiger partial charge in [-0.25, -0.2) is 0 Å². The van der Waals surface area contributed by atoms with Gasteiger partial charge in [-0.1, -0.05) is 24.9 Å². The van der Waals surface area contributed by atoms with Crippen LogP contribution in [0.4, 0.5) is 5.69 Å². The van der Waals surface area contributed by atoms with Crippen molar-refractivity contribution in [3.63, 3.8) is 0 Å². The van der Waals surface area contributed by atoms with Crippen molar-refractivity contribution in [3.8, 4) is 0 Å². The Balaban J connectivity index is 0.00000200. The number of carbonyl (C=O) groups is 1. The van der Waals surface area contributed by atoms with Gasteiger partial charge in [-0.2, -0.15) is 0 Å². The predicted octanol–water partition coefficient (Wildman–Crippen LogP) is 4.04. The first kappa shape index (κ1) is 17.1. The molecular formula is C15H22Cl2N2O. The van der Waals surface area contributed by atoms with Crippen molar-refractivity contribution in [1.29, 1.82) is 0 Å². The van der Waals surface area contributed by atoms with Crippen molar-refractivity contribution >= 4 is 35.6 Å². The molecule has 0 heterocycles. The summed E-state index contributed by atoms with van der Waals surface area (Å²) in [4.78, 5) is 12.2. The maximum atomic E-state index is 12.2. The first-order valence-electron chi connectivity index (χ1n) is 6.96. The van der Waals surface area contributed by atoms with Crippen LogP contribution in [0.15, 0.2) is 18.2 Å². The molecular weight excluding hydrogens is 295 g/mol. The van der Waals surface area contributed by atoms with Crippen LogP contribution in [-0.2, 0) is 0 Å². The van der Waals surface area contributed by atoms with Gasteiger partial charge in [0.15, 0.2) is 0 Å². The lowest BCUT2D eigenvalue weighted by Gasteiger charge is -2.28. The lowest BCUT2D eigenvalue weighted by atomic mass is 9.84. The number of benzene rings is 1. The second-order valence-electron chi connectivity index (χ2n) is 5.34. The lowest BCUT2D eigenvalue weighted by molar-refractivity contribution is 0.0922. The first-order chi connectivity index (χ1) is 9.10. The van der Waals surface area contributed by atoms with E-state index >= 15 is 0 Å². The Labute approximate surface area is 131 Å². The van der Waals surface area contributed by atoms with Crippen LogP contribution in [-0.4, -0.2) is 11.9 Å². The number of halogens is 2. The van der Waals surface area contributed by atoms with E-state index in [0.29, 0.717) is 16.3 Å². The van der Waals surface area contributed by atoms with Crippen molar-refractivity contribution in [2.45, 2.75) is 45.1 Å². The van der Waals surface area contributed by atoms with Gasteiger partial charge in [-0.3, -0.25) is 4.79 Å². The molecule has 1 amide bonds. The molecule has 3 nitrogen and oxygen atoms in total. The number of rotatable bonds is 3. The minimum atomic E-state index is -0.0926. The molecule has 20 heavy (non-hydrogen) atoms. The van der Waals surface area contributed by atoms with Gasteiger partial charge in [-0.15, -0.1) is 12.4 Å². The molecule has 1 saturated carbocycles. The fourth-order valence-corrected chi connectivity index (χ4v) is 2.97.